The molecule has 0 aromatic carbocycles. The molecule has 0 spiro atoms. The van der Waals surface area contributed by atoms with Gasteiger partial charge in [-0.25, -0.2) is 8.42 Å². The fourth-order valence-corrected chi connectivity index (χ4v) is 5.63. The zero-order valence-corrected chi connectivity index (χ0v) is 13.5. The SMILES string of the molecule is CC(C)N(CC(=O)O)S(=O)(=O)c1cc(Br)sc1Cl. The maximum absolute atomic E-state index is 12.3. The summed E-state index contributed by atoms with van der Waals surface area (Å²) < 4.78 is 26.2. The van der Waals surface area contributed by atoms with Crippen molar-refractivity contribution < 1.29 is 18.3 Å². The van der Waals surface area contributed by atoms with Crippen LogP contribution in [0.15, 0.2) is 14.7 Å². The molecular formula is C9H11BrClNO4S2. The van der Waals surface area contributed by atoms with E-state index in [1.165, 1.54) is 6.07 Å². The van der Waals surface area contributed by atoms with Gasteiger partial charge in [-0.05, 0) is 35.8 Å². The topological polar surface area (TPSA) is 74.7 Å². The number of hydrogen-bond acceptors (Lipinski definition) is 4. The molecule has 1 heterocycles. The first-order chi connectivity index (χ1) is 8.16. The van der Waals surface area contributed by atoms with Gasteiger partial charge < -0.3 is 5.11 Å². The monoisotopic (exact) mass is 375 g/mol. The second-order valence-electron chi connectivity index (χ2n) is 3.73. The highest BCUT2D eigenvalue weighted by molar-refractivity contribution is 9.11. The Morgan fingerprint density at radius 3 is 2.50 bits per heavy atom. The van der Waals surface area contributed by atoms with Crippen molar-refractivity contribution in [2.75, 3.05) is 6.54 Å². The van der Waals surface area contributed by atoms with E-state index in [1.807, 2.05) is 0 Å². The molecule has 1 aromatic heterocycles. The van der Waals surface area contributed by atoms with Crippen molar-refractivity contribution in [3.8, 4) is 0 Å². The molecule has 0 aliphatic carbocycles. The average molecular weight is 377 g/mol. The molecule has 0 saturated heterocycles. The van der Waals surface area contributed by atoms with Crippen molar-refractivity contribution in [3.63, 3.8) is 0 Å². The van der Waals surface area contributed by atoms with E-state index in [0.717, 1.165) is 15.6 Å². The number of sulfonamides is 1. The molecule has 0 fully saturated rings. The van der Waals surface area contributed by atoms with Gasteiger partial charge in [0.25, 0.3) is 0 Å². The number of carbonyl (C=O) groups is 1. The van der Waals surface area contributed by atoms with E-state index in [0.29, 0.717) is 3.79 Å². The van der Waals surface area contributed by atoms with E-state index >= 15 is 0 Å². The number of aliphatic carboxylic acids is 1. The van der Waals surface area contributed by atoms with Crippen LogP contribution in [0.4, 0.5) is 0 Å². The first kappa shape index (κ1) is 15.9. The summed E-state index contributed by atoms with van der Waals surface area (Å²) in [5.41, 5.74) is 0. The summed E-state index contributed by atoms with van der Waals surface area (Å²) in [6.45, 7) is 2.62. The van der Waals surface area contributed by atoms with Gasteiger partial charge in [0.15, 0.2) is 0 Å². The zero-order valence-electron chi connectivity index (χ0n) is 9.55. The number of halogens is 2. The van der Waals surface area contributed by atoms with Crippen LogP contribution in [0.1, 0.15) is 13.8 Å². The summed E-state index contributed by atoms with van der Waals surface area (Å²) in [6, 6.07) is 0.903. The summed E-state index contributed by atoms with van der Waals surface area (Å²) in [7, 11) is -3.90. The average Bonchev–Trinajstić information content (AvgIpc) is 2.54. The minimum Gasteiger partial charge on any atom is -0.480 e. The third-order valence-electron chi connectivity index (χ3n) is 2.08. The molecule has 0 saturated carbocycles. The van der Waals surface area contributed by atoms with Gasteiger partial charge in [0, 0.05) is 6.04 Å². The zero-order chi connectivity index (χ0) is 14.1. The molecule has 0 aliphatic rings. The fourth-order valence-electron chi connectivity index (χ4n) is 1.31. The van der Waals surface area contributed by atoms with Crippen molar-refractivity contribution in [2.45, 2.75) is 24.8 Å². The smallest absolute Gasteiger partial charge is 0.318 e. The summed E-state index contributed by atoms with van der Waals surface area (Å²) in [5, 5.41) is 8.77. The van der Waals surface area contributed by atoms with Crippen LogP contribution >= 0.6 is 38.9 Å². The van der Waals surface area contributed by atoms with Crippen LogP contribution in [0.25, 0.3) is 0 Å². The third-order valence-corrected chi connectivity index (χ3v) is 6.23. The lowest BCUT2D eigenvalue weighted by atomic mass is 10.4. The van der Waals surface area contributed by atoms with Gasteiger partial charge in [-0.1, -0.05) is 11.6 Å². The Balaban J connectivity index is 3.25. The lowest BCUT2D eigenvalue weighted by Gasteiger charge is -2.23. The number of hydrogen-bond donors (Lipinski definition) is 1. The highest BCUT2D eigenvalue weighted by Crippen LogP contribution is 2.36. The molecule has 0 amide bonds. The van der Waals surface area contributed by atoms with E-state index in [9.17, 15) is 13.2 Å². The summed E-state index contributed by atoms with van der Waals surface area (Å²) in [5.74, 6) is -1.21. The Labute approximate surface area is 123 Å². The normalized spacial score (nSPS) is 12.3. The standard InChI is InChI=1S/C9H11BrClNO4S2/c1-5(2)12(4-8(13)14)18(15,16)6-3-7(10)17-9(6)11/h3,5H,4H2,1-2H3,(H,13,14). The molecule has 18 heavy (non-hydrogen) atoms. The number of thiophene rings is 1. The Bertz CT molecular complexity index is 555. The molecule has 0 radical (unpaired) electrons. The minimum absolute atomic E-state index is 0.0732. The minimum atomic E-state index is -3.90. The maximum Gasteiger partial charge on any atom is 0.318 e. The highest BCUT2D eigenvalue weighted by atomic mass is 79.9. The predicted octanol–water partition coefficient (Wildman–Crippen LogP) is 2.65. The molecule has 102 valence electrons. The molecule has 1 aromatic rings. The highest BCUT2D eigenvalue weighted by Gasteiger charge is 2.31. The molecule has 0 aliphatic heterocycles. The van der Waals surface area contributed by atoms with E-state index in [4.69, 9.17) is 16.7 Å². The Kier molecular flexibility index (Phi) is 5.19. The first-order valence-electron chi connectivity index (χ1n) is 4.84. The number of carboxylic acids is 1. The predicted molar refractivity (Wildman–Crippen MR) is 73.7 cm³/mol. The van der Waals surface area contributed by atoms with Gasteiger partial charge in [0.2, 0.25) is 10.0 Å². The molecule has 0 unspecified atom stereocenters. The van der Waals surface area contributed by atoms with Crippen molar-refractivity contribution in [1.29, 1.82) is 0 Å². The summed E-state index contributed by atoms with van der Waals surface area (Å²) in [6.07, 6.45) is 0. The van der Waals surface area contributed by atoms with Crippen LogP contribution in [-0.2, 0) is 14.8 Å². The fraction of sp³-hybridized carbons (Fsp3) is 0.444. The lowest BCUT2D eigenvalue weighted by Crippen LogP contribution is -2.40. The van der Waals surface area contributed by atoms with Gasteiger partial charge in [0.1, 0.15) is 15.8 Å². The van der Waals surface area contributed by atoms with Crippen molar-refractivity contribution in [1.82, 2.24) is 4.31 Å². The molecule has 1 N–H and O–H groups in total. The van der Waals surface area contributed by atoms with Crippen LogP contribution in [0.2, 0.25) is 4.34 Å². The second kappa shape index (κ2) is 5.87. The Hall–Kier alpha value is -0.150. The third kappa shape index (κ3) is 3.45. The van der Waals surface area contributed by atoms with Gasteiger partial charge in [0.05, 0.1) is 3.79 Å². The van der Waals surface area contributed by atoms with Gasteiger partial charge in [-0.2, -0.15) is 4.31 Å². The summed E-state index contributed by atoms with van der Waals surface area (Å²) >= 11 is 10.1. The number of rotatable bonds is 5. The van der Waals surface area contributed by atoms with E-state index < -0.39 is 28.6 Å². The van der Waals surface area contributed by atoms with E-state index in [1.54, 1.807) is 13.8 Å². The molecular weight excluding hydrogens is 366 g/mol. The molecule has 1 rings (SSSR count). The van der Waals surface area contributed by atoms with E-state index in [-0.39, 0.29) is 9.23 Å². The van der Waals surface area contributed by atoms with Crippen LogP contribution in [-0.4, -0.2) is 36.4 Å². The quantitative estimate of drug-likeness (QED) is 0.857. The molecule has 5 nitrogen and oxygen atoms in total. The first-order valence-corrected chi connectivity index (χ1v) is 8.27. The number of carboxylic acid groups (broad SMARTS) is 1. The Morgan fingerprint density at radius 1 is 1.61 bits per heavy atom. The van der Waals surface area contributed by atoms with Crippen LogP contribution < -0.4 is 0 Å². The van der Waals surface area contributed by atoms with Gasteiger partial charge >= 0.3 is 5.97 Å². The van der Waals surface area contributed by atoms with Crippen molar-refractivity contribution >= 4 is 54.9 Å². The van der Waals surface area contributed by atoms with E-state index in [2.05, 4.69) is 15.9 Å². The van der Waals surface area contributed by atoms with Gasteiger partial charge in [-0.3, -0.25) is 4.79 Å². The van der Waals surface area contributed by atoms with Crippen molar-refractivity contribution in [3.05, 3.63) is 14.2 Å². The molecule has 0 atom stereocenters. The van der Waals surface area contributed by atoms with Crippen molar-refractivity contribution in [2.24, 2.45) is 0 Å². The molecule has 9 heteroatoms. The summed E-state index contributed by atoms with van der Waals surface area (Å²) in [4.78, 5) is 10.7. The number of nitrogens with zero attached hydrogens (tertiary/aromatic N) is 1. The van der Waals surface area contributed by atoms with Crippen LogP contribution in [0.3, 0.4) is 0 Å². The maximum atomic E-state index is 12.3. The lowest BCUT2D eigenvalue weighted by molar-refractivity contribution is -0.137. The van der Waals surface area contributed by atoms with Gasteiger partial charge in [-0.15, -0.1) is 11.3 Å². The van der Waals surface area contributed by atoms with Crippen LogP contribution in [0.5, 0.6) is 0 Å². The largest absolute Gasteiger partial charge is 0.480 e. The Morgan fingerprint density at radius 2 is 2.17 bits per heavy atom. The second-order valence-corrected chi connectivity index (χ2v) is 8.62. The molecule has 0 bridgehead atoms. The van der Waals surface area contributed by atoms with Crippen LogP contribution in [0, 0.1) is 0 Å².